The van der Waals surface area contributed by atoms with E-state index < -0.39 is 6.10 Å². The maximum atomic E-state index is 12.8. The summed E-state index contributed by atoms with van der Waals surface area (Å²) >= 11 is 5.88. The van der Waals surface area contributed by atoms with Crippen molar-refractivity contribution in [2.24, 2.45) is 0 Å². The molecular formula is C20H22ClNO3. The van der Waals surface area contributed by atoms with Crippen molar-refractivity contribution in [3.05, 3.63) is 65.2 Å². The molecule has 132 valence electrons. The number of nitrogens with zero attached hydrogens (tertiary/aromatic N) is 1. The second-order valence-electron chi connectivity index (χ2n) is 6.30. The van der Waals surface area contributed by atoms with Crippen molar-refractivity contribution in [1.82, 2.24) is 4.90 Å². The highest BCUT2D eigenvalue weighted by Crippen LogP contribution is 2.26. The molecule has 0 saturated carbocycles. The lowest BCUT2D eigenvalue weighted by molar-refractivity contribution is -0.151. The highest BCUT2D eigenvalue weighted by atomic mass is 35.5. The van der Waals surface area contributed by atoms with Crippen LogP contribution < -0.4 is 4.74 Å². The Hall–Kier alpha value is -2.04. The van der Waals surface area contributed by atoms with Gasteiger partial charge in [0.1, 0.15) is 11.9 Å². The average Bonchev–Trinajstić information content (AvgIpc) is 2.63. The van der Waals surface area contributed by atoms with Crippen molar-refractivity contribution < 1.29 is 14.3 Å². The number of rotatable bonds is 4. The minimum Gasteiger partial charge on any atom is -0.481 e. The molecule has 3 atom stereocenters. The maximum Gasteiger partial charge on any atom is 0.263 e. The zero-order chi connectivity index (χ0) is 17.8. The van der Waals surface area contributed by atoms with Crippen molar-refractivity contribution in [2.45, 2.75) is 32.2 Å². The molecule has 4 nitrogen and oxygen atoms in total. The largest absolute Gasteiger partial charge is 0.481 e. The van der Waals surface area contributed by atoms with E-state index in [2.05, 4.69) is 0 Å². The lowest BCUT2D eigenvalue weighted by Crippen LogP contribution is -2.50. The van der Waals surface area contributed by atoms with Crippen LogP contribution in [0, 0.1) is 0 Å². The molecule has 1 aliphatic rings. The second-order valence-corrected chi connectivity index (χ2v) is 6.74. The summed E-state index contributed by atoms with van der Waals surface area (Å²) in [5, 5.41) is 0.638. The number of hydrogen-bond acceptors (Lipinski definition) is 3. The molecule has 1 heterocycles. The molecule has 1 saturated heterocycles. The first-order valence-electron chi connectivity index (χ1n) is 8.44. The summed E-state index contributed by atoms with van der Waals surface area (Å²) in [5.41, 5.74) is 1.08. The molecule has 2 aromatic carbocycles. The molecule has 2 aromatic rings. The first-order valence-corrected chi connectivity index (χ1v) is 8.82. The van der Waals surface area contributed by atoms with E-state index in [1.54, 1.807) is 31.2 Å². The summed E-state index contributed by atoms with van der Waals surface area (Å²) < 4.78 is 11.8. The molecule has 0 aliphatic carbocycles. The zero-order valence-electron chi connectivity index (χ0n) is 14.4. The summed E-state index contributed by atoms with van der Waals surface area (Å²) in [6.07, 6.45) is -0.704. The quantitative estimate of drug-likeness (QED) is 0.825. The SMILES string of the molecule is C[C@@H]1CN(C(=O)[C@H](C)Oc2ccc(Cl)cc2)C[C@H](c2ccccc2)O1. The van der Waals surface area contributed by atoms with Crippen molar-refractivity contribution in [3.63, 3.8) is 0 Å². The molecule has 0 radical (unpaired) electrons. The average molecular weight is 360 g/mol. The van der Waals surface area contributed by atoms with Gasteiger partial charge < -0.3 is 14.4 Å². The van der Waals surface area contributed by atoms with Gasteiger partial charge in [0.15, 0.2) is 6.10 Å². The van der Waals surface area contributed by atoms with E-state index in [4.69, 9.17) is 21.1 Å². The van der Waals surface area contributed by atoms with Crippen LogP contribution in [0.3, 0.4) is 0 Å². The summed E-state index contributed by atoms with van der Waals surface area (Å²) in [4.78, 5) is 14.6. The lowest BCUT2D eigenvalue weighted by Gasteiger charge is -2.38. The summed E-state index contributed by atoms with van der Waals surface area (Å²) in [7, 11) is 0. The smallest absolute Gasteiger partial charge is 0.263 e. The maximum absolute atomic E-state index is 12.8. The van der Waals surface area contributed by atoms with Gasteiger partial charge in [-0.3, -0.25) is 4.79 Å². The Bertz CT molecular complexity index is 705. The minimum absolute atomic E-state index is 0.0226. The zero-order valence-corrected chi connectivity index (χ0v) is 15.1. The number of carbonyl (C=O) groups excluding carboxylic acids is 1. The van der Waals surface area contributed by atoms with Gasteiger partial charge >= 0.3 is 0 Å². The fourth-order valence-electron chi connectivity index (χ4n) is 3.01. The van der Waals surface area contributed by atoms with Crippen LogP contribution in [0.1, 0.15) is 25.5 Å². The Kier molecular flexibility index (Phi) is 5.61. The first-order chi connectivity index (χ1) is 12.0. The number of morpholine rings is 1. The number of ether oxygens (including phenoxy) is 2. The van der Waals surface area contributed by atoms with E-state index in [9.17, 15) is 4.79 Å². The third-order valence-corrected chi connectivity index (χ3v) is 4.47. The van der Waals surface area contributed by atoms with Crippen molar-refractivity contribution in [1.29, 1.82) is 0 Å². The Labute approximate surface area is 153 Å². The van der Waals surface area contributed by atoms with E-state index >= 15 is 0 Å². The minimum atomic E-state index is -0.567. The number of hydrogen-bond donors (Lipinski definition) is 0. The number of benzene rings is 2. The standard InChI is InChI=1S/C20H22ClNO3/c1-14-12-22(13-19(24-14)16-6-4-3-5-7-16)20(23)15(2)25-18-10-8-17(21)9-11-18/h3-11,14-15,19H,12-13H2,1-2H3/t14-,15+,19-/m1/s1. The fourth-order valence-corrected chi connectivity index (χ4v) is 3.13. The lowest BCUT2D eigenvalue weighted by atomic mass is 10.1. The molecule has 0 spiro atoms. The van der Waals surface area contributed by atoms with Gasteiger partial charge in [-0.25, -0.2) is 0 Å². The van der Waals surface area contributed by atoms with E-state index in [0.717, 1.165) is 5.56 Å². The van der Waals surface area contributed by atoms with Gasteiger partial charge in [0.05, 0.1) is 12.6 Å². The molecule has 5 heteroatoms. The molecule has 0 N–H and O–H groups in total. The van der Waals surface area contributed by atoms with E-state index in [1.807, 2.05) is 42.2 Å². The van der Waals surface area contributed by atoms with Gasteiger partial charge in [0.2, 0.25) is 0 Å². The highest BCUT2D eigenvalue weighted by molar-refractivity contribution is 6.30. The van der Waals surface area contributed by atoms with Crippen LogP contribution in [0.15, 0.2) is 54.6 Å². The van der Waals surface area contributed by atoms with Gasteiger partial charge in [-0.2, -0.15) is 0 Å². The van der Waals surface area contributed by atoms with E-state index in [1.165, 1.54) is 0 Å². The molecule has 1 amide bonds. The Balaban J connectivity index is 1.66. The Morgan fingerprint density at radius 1 is 1.16 bits per heavy atom. The topological polar surface area (TPSA) is 38.8 Å². The summed E-state index contributed by atoms with van der Waals surface area (Å²) in [5.74, 6) is 0.595. The van der Waals surface area contributed by atoms with Crippen LogP contribution >= 0.6 is 11.6 Å². The van der Waals surface area contributed by atoms with Gasteiger partial charge in [-0.15, -0.1) is 0 Å². The molecule has 1 fully saturated rings. The fraction of sp³-hybridized carbons (Fsp3) is 0.350. The second kappa shape index (κ2) is 7.89. The van der Waals surface area contributed by atoms with Crippen molar-refractivity contribution >= 4 is 17.5 Å². The molecular weight excluding hydrogens is 338 g/mol. The Morgan fingerprint density at radius 3 is 2.52 bits per heavy atom. The molecule has 0 unspecified atom stereocenters. The molecule has 3 rings (SSSR count). The Morgan fingerprint density at radius 2 is 1.84 bits per heavy atom. The predicted octanol–water partition coefficient (Wildman–Crippen LogP) is 4.10. The normalized spacial score (nSPS) is 21.6. The van der Waals surface area contributed by atoms with Gasteiger partial charge in [0.25, 0.3) is 5.91 Å². The number of halogens is 1. The van der Waals surface area contributed by atoms with Crippen LogP contribution in [-0.2, 0) is 9.53 Å². The predicted molar refractivity (Wildman–Crippen MR) is 97.9 cm³/mol. The van der Waals surface area contributed by atoms with Crippen molar-refractivity contribution in [2.75, 3.05) is 13.1 Å². The molecule has 0 bridgehead atoms. The summed E-state index contributed by atoms with van der Waals surface area (Å²) in [6, 6.07) is 17.0. The number of carbonyl (C=O) groups is 1. The third kappa shape index (κ3) is 4.53. The van der Waals surface area contributed by atoms with Gasteiger partial charge in [-0.1, -0.05) is 41.9 Å². The number of amides is 1. The van der Waals surface area contributed by atoms with Crippen LogP contribution in [0.25, 0.3) is 0 Å². The summed E-state index contributed by atoms with van der Waals surface area (Å²) in [6.45, 7) is 4.85. The van der Waals surface area contributed by atoms with Crippen LogP contribution in [0.5, 0.6) is 5.75 Å². The third-order valence-electron chi connectivity index (χ3n) is 4.22. The molecule has 25 heavy (non-hydrogen) atoms. The van der Waals surface area contributed by atoms with Crippen LogP contribution in [0.4, 0.5) is 0 Å². The van der Waals surface area contributed by atoms with E-state index in [0.29, 0.717) is 23.9 Å². The van der Waals surface area contributed by atoms with Crippen LogP contribution in [0.2, 0.25) is 5.02 Å². The van der Waals surface area contributed by atoms with Crippen molar-refractivity contribution in [3.8, 4) is 5.75 Å². The molecule has 1 aliphatic heterocycles. The van der Waals surface area contributed by atoms with Crippen LogP contribution in [-0.4, -0.2) is 36.1 Å². The highest BCUT2D eigenvalue weighted by Gasteiger charge is 2.32. The van der Waals surface area contributed by atoms with Gasteiger partial charge in [0, 0.05) is 11.6 Å². The monoisotopic (exact) mass is 359 g/mol. The van der Waals surface area contributed by atoms with Gasteiger partial charge in [-0.05, 0) is 43.7 Å². The molecule has 0 aromatic heterocycles. The van der Waals surface area contributed by atoms with E-state index in [-0.39, 0.29) is 18.1 Å². The first kappa shape index (κ1) is 17.8.